The van der Waals surface area contributed by atoms with Crippen LogP contribution in [0.4, 0.5) is 5.69 Å². The van der Waals surface area contributed by atoms with Crippen LogP contribution < -0.4 is 11.1 Å². The van der Waals surface area contributed by atoms with Crippen LogP contribution in [-0.4, -0.2) is 10.1 Å². The average Bonchev–Trinajstić information content (AvgIpc) is 2.84. The third-order valence-electron chi connectivity index (χ3n) is 2.82. The van der Waals surface area contributed by atoms with Crippen molar-refractivity contribution >= 4 is 57.3 Å². The highest BCUT2D eigenvalue weighted by molar-refractivity contribution is 7.80. The molecule has 0 saturated heterocycles. The van der Waals surface area contributed by atoms with E-state index in [9.17, 15) is 0 Å². The van der Waals surface area contributed by atoms with Crippen LogP contribution in [0.15, 0.2) is 40.8 Å². The molecule has 0 aliphatic carbocycles. The molecular formula is C14H9Cl2N3OS. The van der Waals surface area contributed by atoms with Gasteiger partial charge in [0.05, 0.1) is 10.0 Å². The maximum Gasteiger partial charge on any atom is 0.227 e. The van der Waals surface area contributed by atoms with Gasteiger partial charge in [-0.05, 0) is 48.6 Å². The fourth-order valence-electron chi connectivity index (χ4n) is 1.90. The predicted octanol–water partition coefficient (Wildman–Crippen LogP) is 4.46. The molecule has 0 fully saturated rings. The Kier molecular flexibility index (Phi) is 3.71. The van der Waals surface area contributed by atoms with Gasteiger partial charge in [-0.2, -0.15) is 0 Å². The number of nitrogens with zero attached hydrogens (tertiary/aromatic N) is 1. The Morgan fingerprint density at radius 3 is 2.67 bits per heavy atom. The van der Waals surface area contributed by atoms with Gasteiger partial charge in [0.1, 0.15) is 5.52 Å². The first-order valence-corrected chi connectivity index (χ1v) is 7.12. The van der Waals surface area contributed by atoms with E-state index in [0.717, 1.165) is 11.3 Å². The maximum absolute atomic E-state index is 6.01. The van der Waals surface area contributed by atoms with Crippen molar-refractivity contribution < 1.29 is 4.42 Å². The number of rotatable bonds is 2. The van der Waals surface area contributed by atoms with Crippen molar-refractivity contribution in [2.75, 3.05) is 5.32 Å². The fraction of sp³-hybridized carbons (Fsp3) is 0. The number of hydrogen-bond acceptors (Lipinski definition) is 3. The summed E-state index contributed by atoms with van der Waals surface area (Å²) in [6.45, 7) is 0. The molecule has 0 spiro atoms. The molecular weight excluding hydrogens is 329 g/mol. The first kappa shape index (κ1) is 14.1. The Morgan fingerprint density at radius 2 is 1.95 bits per heavy atom. The van der Waals surface area contributed by atoms with Crippen LogP contribution in [-0.2, 0) is 0 Å². The van der Waals surface area contributed by atoms with Crippen molar-refractivity contribution in [1.29, 1.82) is 0 Å². The summed E-state index contributed by atoms with van der Waals surface area (Å²) in [6.07, 6.45) is 0. The van der Waals surface area contributed by atoms with Crippen LogP contribution in [0.5, 0.6) is 0 Å². The van der Waals surface area contributed by atoms with Gasteiger partial charge >= 0.3 is 0 Å². The van der Waals surface area contributed by atoms with Crippen molar-refractivity contribution in [1.82, 2.24) is 4.98 Å². The second kappa shape index (κ2) is 5.52. The van der Waals surface area contributed by atoms with E-state index in [-0.39, 0.29) is 5.11 Å². The minimum atomic E-state index is 0.197. The molecule has 21 heavy (non-hydrogen) atoms. The molecule has 0 saturated carbocycles. The van der Waals surface area contributed by atoms with Crippen molar-refractivity contribution in [2.45, 2.75) is 0 Å². The number of thiocarbonyl (C=S) groups is 1. The van der Waals surface area contributed by atoms with Gasteiger partial charge in [-0.25, -0.2) is 4.98 Å². The number of nitrogens with one attached hydrogen (secondary N) is 1. The molecule has 0 unspecified atom stereocenters. The fourth-order valence-corrected chi connectivity index (χ4v) is 2.32. The topological polar surface area (TPSA) is 64.1 Å². The van der Waals surface area contributed by atoms with Crippen LogP contribution in [0.1, 0.15) is 0 Å². The van der Waals surface area contributed by atoms with Gasteiger partial charge in [-0.3, -0.25) is 0 Å². The molecule has 4 nitrogen and oxygen atoms in total. The minimum absolute atomic E-state index is 0.197. The molecule has 1 aromatic heterocycles. The lowest BCUT2D eigenvalue weighted by Gasteiger charge is -2.01. The quantitative estimate of drug-likeness (QED) is 0.676. The molecule has 7 heteroatoms. The van der Waals surface area contributed by atoms with Gasteiger partial charge in [0.2, 0.25) is 5.89 Å². The van der Waals surface area contributed by atoms with E-state index in [1.54, 1.807) is 30.3 Å². The summed E-state index contributed by atoms with van der Waals surface area (Å²) in [5.41, 5.74) is 8.30. The normalized spacial score (nSPS) is 10.8. The van der Waals surface area contributed by atoms with E-state index in [0.29, 0.717) is 27.0 Å². The number of aromatic nitrogens is 1. The summed E-state index contributed by atoms with van der Waals surface area (Å²) in [5.74, 6) is 0.469. The molecule has 2 aromatic carbocycles. The van der Waals surface area contributed by atoms with Crippen molar-refractivity contribution in [3.8, 4) is 11.5 Å². The zero-order chi connectivity index (χ0) is 15.0. The van der Waals surface area contributed by atoms with E-state index in [1.165, 1.54) is 0 Å². The second-order valence-electron chi connectivity index (χ2n) is 4.32. The smallest absolute Gasteiger partial charge is 0.227 e. The Labute approximate surface area is 135 Å². The minimum Gasteiger partial charge on any atom is -0.436 e. The van der Waals surface area contributed by atoms with Gasteiger partial charge in [0.25, 0.3) is 0 Å². The van der Waals surface area contributed by atoms with Crippen molar-refractivity contribution in [2.24, 2.45) is 5.73 Å². The highest BCUT2D eigenvalue weighted by atomic mass is 35.5. The van der Waals surface area contributed by atoms with E-state index in [2.05, 4.69) is 10.3 Å². The summed E-state index contributed by atoms with van der Waals surface area (Å²) in [4.78, 5) is 4.43. The van der Waals surface area contributed by atoms with Gasteiger partial charge in [0.15, 0.2) is 10.7 Å². The molecule has 0 radical (unpaired) electrons. The molecule has 0 aliphatic heterocycles. The lowest BCUT2D eigenvalue weighted by atomic mass is 10.2. The summed E-state index contributed by atoms with van der Waals surface area (Å²) in [7, 11) is 0. The van der Waals surface area contributed by atoms with Gasteiger partial charge in [-0.15, -0.1) is 0 Å². The summed E-state index contributed by atoms with van der Waals surface area (Å²) in [5, 5.41) is 3.99. The third-order valence-corrected chi connectivity index (χ3v) is 3.66. The van der Waals surface area contributed by atoms with E-state index in [4.69, 9.17) is 45.6 Å². The molecule has 3 N–H and O–H groups in total. The first-order chi connectivity index (χ1) is 10.0. The Morgan fingerprint density at radius 1 is 1.14 bits per heavy atom. The number of halogens is 2. The van der Waals surface area contributed by atoms with Crippen LogP contribution >= 0.6 is 35.4 Å². The number of nitrogens with two attached hydrogens (primary N) is 1. The highest BCUT2D eigenvalue weighted by Crippen LogP contribution is 2.30. The average molecular weight is 338 g/mol. The number of oxazole rings is 1. The summed E-state index contributed by atoms with van der Waals surface area (Å²) < 4.78 is 5.70. The Bertz CT molecular complexity index is 847. The molecule has 0 bridgehead atoms. The lowest BCUT2D eigenvalue weighted by Crippen LogP contribution is -2.18. The molecule has 3 aromatic rings. The number of anilines is 1. The molecule has 3 rings (SSSR count). The predicted molar refractivity (Wildman–Crippen MR) is 89.9 cm³/mol. The van der Waals surface area contributed by atoms with E-state index >= 15 is 0 Å². The highest BCUT2D eigenvalue weighted by Gasteiger charge is 2.10. The van der Waals surface area contributed by atoms with Gasteiger partial charge in [0, 0.05) is 11.3 Å². The monoisotopic (exact) mass is 337 g/mol. The van der Waals surface area contributed by atoms with Gasteiger partial charge in [-0.1, -0.05) is 23.2 Å². The first-order valence-electron chi connectivity index (χ1n) is 5.95. The van der Waals surface area contributed by atoms with Gasteiger partial charge < -0.3 is 15.5 Å². The Balaban J connectivity index is 2.04. The zero-order valence-corrected chi connectivity index (χ0v) is 12.9. The number of fused-ring (bicyclic) bond motifs is 1. The van der Waals surface area contributed by atoms with Crippen LogP contribution in [0.25, 0.3) is 22.6 Å². The van der Waals surface area contributed by atoms with Crippen LogP contribution in [0.2, 0.25) is 10.0 Å². The SMILES string of the molecule is NC(=S)Nc1ccc2oc(-c3ccc(Cl)c(Cl)c3)nc2c1. The lowest BCUT2D eigenvalue weighted by molar-refractivity contribution is 0.620. The number of benzene rings is 2. The Hall–Kier alpha value is -1.82. The largest absolute Gasteiger partial charge is 0.436 e. The van der Waals surface area contributed by atoms with E-state index < -0.39 is 0 Å². The van der Waals surface area contributed by atoms with Crippen LogP contribution in [0, 0.1) is 0 Å². The van der Waals surface area contributed by atoms with Crippen molar-refractivity contribution in [3.05, 3.63) is 46.4 Å². The molecule has 0 atom stereocenters. The number of hydrogen-bond donors (Lipinski definition) is 2. The molecule has 0 amide bonds. The maximum atomic E-state index is 6.01. The van der Waals surface area contributed by atoms with E-state index in [1.807, 2.05) is 6.07 Å². The molecule has 0 aliphatic rings. The van der Waals surface area contributed by atoms with Crippen molar-refractivity contribution in [3.63, 3.8) is 0 Å². The molecule has 1 heterocycles. The molecule has 106 valence electrons. The summed E-state index contributed by atoms with van der Waals surface area (Å²) >= 11 is 16.7. The summed E-state index contributed by atoms with van der Waals surface area (Å²) in [6, 6.07) is 10.6. The third kappa shape index (κ3) is 2.95. The second-order valence-corrected chi connectivity index (χ2v) is 5.57. The standard InChI is InChI=1S/C14H9Cl2N3OS/c15-9-3-1-7(5-10(9)16)13-19-11-6-8(18-14(17)21)2-4-12(11)20-13/h1-6H,(H3,17,18,21). The zero-order valence-electron chi connectivity index (χ0n) is 10.6. The van der Waals surface area contributed by atoms with Crippen LogP contribution in [0.3, 0.4) is 0 Å².